The summed E-state index contributed by atoms with van der Waals surface area (Å²) < 4.78 is 0. The Balaban J connectivity index is 2.48. The molecule has 1 amide bonds. The van der Waals surface area contributed by atoms with Crippen molar-refractivity contribution in [2.45, 2.75) is 38.3 Å². The van der Waals surface area contributed by atoms with Crippen LogP contribution in [0.15, 0.2) is 18.2 Å². The summed E-state index contributed by atoms with van der Waals surface area (Å²) in [7, 11) is 0. The Hall–Kier alpha value is -1.26. The average Bonchev–Trinajstić information content (AvgIpc) is 2.37. The summed E-state index contributed by atoms with van der Waals surface area (Å²) in [5, 5.41) is 0.605. The first-order valence-corrected chi connectivity index (χ1v) is 7.00. The van der Waals surface area contributed by atoms with E-state index in [1.54, 1.807) is 12.1 Å². The summed E-state index contributed by atoms with van der Waals surface area (Å²) in [6.07, 6.45) is 3.28. The predicted octanol–water partition coefficient (Wildman–Crippen LogP) is 2.15. The van der Waals surface area contributed by atoms with Crippen molar-refractivity contribution < 1.29 is 4.79 Å². The van der Waals surface area contributed by atoms with E-state index in [1.165, 1.54) is 0 Å². The van der Waals surface area contributed by atoms with Gasteiger partial charge in [-0.05, 0) is 44.4 Å². The topological polar surface area (TPSA) is 72.3 Å². The second-order valence-corrected chi connectivity index (χ2v) is 5.54. The molecule has 1 fully saturated rings. The van der Waals surface area contributed by atoms with Crippen molar-refractivity contribution >= 4 is 23.2 Å². The highest BCUT2D eigenvalue weighted by Gasteiger charge is 2.29. The lowest BCUT2D eigenvalue weighted by molar-refractivity contribution is 0.100. The Labute approximate surface area is 118 Å². The van der Waals surface area contributed by atoms with Gasteiger partial charge in [0, 0.05) is 23.7 Å². The van der Waals surface area contributed by atoms with Crippen LogP contribution in [-0.4, -0.2) is 24.5 Å². The minimum absolute atomic E-state index is 0.236. The van der Waals surface area contributed by atoms with E-state index < -0.39 is 5.91 Å². The molecule has 0 radical (unpaired) electrons. The summed E-state index contributed by atoms with van der Waals surface area (Å²) in [5.74, 6) is -0.430. The normalized spacial score (nSPS) is 23.4. The van der Waals surface area contributed by atoms with Crippen LogP contribution in [-0.2, 0) is 0 Å². The van der Waals surface area contributed by atoms with Crippen LogP contribution in [0.25, 0.3) is 0 Å². The highest BCUT2D eigenvalue weighted by Crippen LogP contribution is 2.33. The minimum Gasteiger partial charge on any atom is -0.366 e. The highest BCUT2D eigenvalue weighted by molar-refractivity contribution is 6.31. The lowest BCUT2D eigenvalue weighted by Gasteiger charge is -2.42. The predicted molar refractivity (Wildman–Crippen MR) is 78.6 cm³/mol. The number of anilines is 1. The fraction of sp³-hybridized carbons (Fsp3) is 0.500. The van der Waals surface area contributed by atoms with Gasteiger partial charge in [0.25, 0.3) is 5.91 Å². The molecule has 1 heterocycles. The maximum absolute atomic E-state index is 11.6. The minimum atomic E-state index is -0.430. The molecule has 104 valence electrons. The molecule has 0 saturated carbocycles. The van der Waals surface area contributed by atoms with E-state index in [-0.39, 0.29) is 6.04 Å². The summed E-state index contributed by atoms with van der Waals surface area (Å²) >= 11 is 6.07. The molecule has 2 rings (SSSR count). The Morgan fingerprint density at radius 3 is 2.84 bits per heavy atom. The summed E-state index contributed by atoms with van der Waals surface area (Å²) in [5.41, 5.74) is 12.6. The third-order valence-corrected chi connectivity index (χ3v) is 4.04. The number of piperidine rings is 1. The van der Waals surface area contributed by atoms with E-state index in [0.717, 1.165) is 24.9 Å². The van der Waals surface area contributed by atoms with E-state index in [9.17, 15) is 4.79 Å². The van der Waals surface area contributed by atoms with Gasteiger partial charge in [0.2, 0.25) is 0 Å². The molecule has 0 aliphatic carbocycles. The zero-order valence-electron chi connectivity index (χ0n) is 11.1. The third kappa shape index (κ3) is 2.85. The number of benzene rings is 1. The van der Waals surface area contributed by atoms with Crippen LogP contribution in [0, 0.1) is 0 Å². The molecule has 2 atom stereocenters. The van der Waals surface area contributed by atoms with E-state index in [1.807, 2.05) is 6.07 Å². The number of nitrogens with zero attached hydrogens (tertiary/aromatic N) is 1. The summed E-state index contributed by atoms with van der Waals surface area (Å²) in [6, 6.07) is 5.76. The van der Waals surface area contributed by atoms with Gasteiger partial charge in [-0.3, -0.25) is 4.79 Å². The number of carbonyl (C=O) groups excluding carboxylic acids is 1. The van der Waals surface area contributed by atoms with E-state index >= 15 is 0 Å². The molecule has 2 unspecified atom stereocenters. The van der Waals surface area contributed by atoms with Crippen molar-refractivity contribution in [1.29, 1.82) is 0 Å². The Bertz CT molecular complexity index is 478. The lowest BCUT2D eigenvalue weighted by atomic mass is 9.94. The number of nitrogens with two attached hydrogens (primary N) is 2. The largest absolute Gasteiger partial charge is 0.366 e. The van der Waals surface area contributed by atoms with Crippen molar-refractivity contribution in [3.05, 3.63) is 28.8 Å². The average molecular weight is 282 g/mol. The van der Waals surface area contributed by atoms with Crippen LogP contribution in [0.3, 0.4) is 0 Å². The molecule has 1 aliphatic heterocycles. The second kappa shape index (κ2) is 5.80. The number of halogens is 1. The quantitative estimate of drug-likeness (QED) is 0.892. The van der Waals surface area contributed by atoms with Crippen molar-refractivity contribution in [1.82, 2.24) is 0 Å². The number of hydrogen-bond donors (Lipinski definition) is 2. The standard InChI is InChI=1S/C14H20ClN3O/c1-9-3-2-4-11(8-16)18(9)13-7-10(15)5-6-12(13)14(17)19/h5-7,9,11H,2-4,8,16H2,1H3,(H2,17,19). The second-order valence-electron chi connectivity index (χ2n) is 5.10. The van der Waals surface area contributed by atoms with Crippen molar-refractivity contribution in [2.24, 2.45) is 11.5 Å². The van der Waals surface area contributed by atoms with Gasteiger partial charge in [0.05, 0.1) is 11.3 Å². The molecule has 19 heavy (non-hydrogen) atoms. The van der Waals surface area contributed by atoms with Crippen molar-refractivity contribution in [2.75, 3.05) is 11.4 Å². The van der Waals surface area contributed by atoms with Crippen molar-refractivity contribution in [3.63, 3.8) is 0 Å². The molecule has 0 spiro atoms. The van der Waals surface area contributed by atoms with Crippen LogP contribution < -0.4 is 16.4 Å². The molecular weight excluding hydrogens is 262 g/mol. The number of amides is 1. The first kappa shape index (κ1) is 14.2. The number of primary amides is 1. The fourth-order valence-corrected chi connectivity index (χ4v) is 3.05. The molecule has 1 aromatic carbocycles. The Morgan fingerprint density at radius 1 is 1.47 bits per heavy atom. The first-order valence-electron chi connectivity index (χ1n) is 6.62. The maximum atomic E-state index is 11.6. The van der Waals surface area contributed by atoms with Gasteiger partial charge in [-0.1, -0.05) is 11.6 Å². The molecule has 1 saturated heterocycles. The first-order chi connectivity index (χ1) is 9.04. The summed E-state index contributed by atoms with van der Waals surface area (Å²) in [6.45, 7) is 2.71. The molecule has 5 heteroatoms. The van der Waals surface area contributed by atoms with Gasteiger partial charge in [-0.2, -0.15) is 0 Å². The SMILES string of the molecule is CC1CCCC(CN)N1c1cc(Cl)ccc1C(N)=O. The van der Waals surface area contributed by atoms with Gasteiger partial charge in [0.15, 0.2) is 0 Å². The zero-order valence-corrected chi connectivity index (χ0v) is 11.9. The van der Waals surface area contributed by atoms with E-state index in [2.05, 4.69) is 11.8 Å². The number of carbonyl (C=O) groups is 1. The molecule has 0 aromatic heterocycles. The van der Waals surface area contributed by atoms with Gasteiger partial charge in [-0.25, -0.2) is 0 Å². The van der Waals surface area contributed by atoms with E-state index in [0.29, 0.717) is 23.2 Å². The fourth-order valence-electron chi connectivity index (χ4n) is 2.88. The van der Waals surface area contributed by atoms with Crippen LogP contribution in [0.1, 0.15) is 36.5 Å². The van der Waals surface area contributed by atoms with Crippen LogP contribution >= 0.6 is 11.6 Å². The van der Waals surface area contributed by atoms with Crippen LogP contribution in [0.5, 0.6) is 0 Å². The summed E-state index contributed by atoms with van der Waals surface area (Å²) in [4.78, 5) is 13.8. The Morgan fingerprint density at radius 2 is 2.21 bits per heavy atom. The number of hydrogen-bond acceptors (Lipinski definition) is 3. The number of rotatable bonds is 3. The molecule has 1 aliphatic rings. The molecule has 0 bridgehead atoms. The van der Waals surface area contributed by atoms with Crippen LogP contribution in [0.2, 0.25) is 5.02 Å². The smallest absolute Gasteiger partial charge is 0.250 e. The molecule has 1 aromatic rings. The zero-order chi connectivity index (χ0) is 14.0. The lowest BCUT2D eigenvalue weighted by Crippen LogP contribution is -2.49. The van der Waals surface area contributed by atoms with E-state index in [4.69, 9.17) is 23.1 Å². The molecule has 4 N–H and O–H groups in total. The molecule has 4 nitrogen and oxygen atoms in total. The van der Waals surface area contributed by atoms with Crippen molar-refractivity contribution in [3.8, 4) is 0 Å². The van der Waals surface area contributed by atoms with Crippen LogP contribution in [0.4, 0.5) is 5.69 Å². The molecular formula is C14H20ClN3O. The monoisotopic (exact) mass is 281 g/mol. The van der Waals surface area contributed by atoms with Gasteiger partial charge >= 0.3 is 0 Å². The maximum Gasteiger partial charge on any atom is 0.250 e. The highest BCUT2D eigenvalue weighted by atomic mass is 35.5. The van der Waals surface area contributed by atoms with Gasteiger partial charge in [0.1, 0.15) is 0 Å². The van der Waals surface area contributed by atoms with Gasteiger partial charge < -0.3 is 16.4 Å². The van der Waals surface area contributed by atoms with Gasteiger partial charge in [-0.15, -0.1) is 0 Å². The Kier molecular flexibility index (Phi) is 4.32. The third-order valence-electron chi connectivity index (χ3n) is 3.80.